The Kier molecular flexibility index (Phi) is 7.83. The molecule has 0 saturated heterocycles. The fraction of sp³-hybridized carbons (Fsp3) is 0.444. The van der Waals surface area contributed by atoms with E-state index in [0.29, 0.717) is 6.54 Å². The van der Waals surface area contributed by atoms with Crippen molar-refractivity contribution in [2.75, 3.05) is 13.2 Å². The number of nitrogens with two attached hydrogens (primary N) is 1. The molecule has 8 N–H and O–H groups in total. The Balaban J connectivity index is 0.000000885. The van der Waals surface area contributed by atoms with Gasteiger partial charge in [0.2, 0.25) is 0 Å². The number of aromatic nitrogens is 1. The molecular formula is C9H18N2O8P2. The lowest BCUT2D eigenvalue weighted by atomic mass is 10.2. The fourth-order valence-corrected chi connectivity index (χ4v) is 3.29. The van der Waals surface area contributed by atoms with Crippen LogP contribution in [0.15, 0.2) is 24.5 Å². The van der Waals surface area contributed by atoms with Gasteiger partial charge < -0.3 is 35.5 Å². The number of hydrogen-bond acceptors (Lipinski definition) is 6. The molecule has 0 unspecified atom stereocenters. The molecule has 0 aliphatic carbocycles. The molecule has 0 fully saturated rings. The highest BCUT2D eigenvalue weighted by atomic mass is 31.2. The van der Waals surface area contributed by atoms with Crippen molar-refractivity contribution < 1.29 is 38.9 Å². The number of nitrogens with zero attached hydrogens (tertiary/aromatic N) is 1. The molecular weight excluding hydrogens is 326 g/mol. The maximum atomic E-state index is 11.0. The molecule has 21 heavy (non-hydrogen) atoms. The minimum Gasteiger partial charge on any atom is -0.395 e. The first kappa shape index (κ1) is 20.3. The van der Waals surface area contributed by atoms with Crippen molar-refractivity contribution in [1.29, 1.82) is 0 Å². The molecule has 0 amide bonds. The van der Waals surface area contributed by atoms with Gasteiger partial charge >= 0.3 is 15.2 Å². The fourth-order valence-electron chi connectivity index (χ4n) is 1.15. The summed E-state index contributed by atoms with van der Waals surface area (Å²) in [5, 5.41) is 13.9. The second-order valence-electron chi connectivity index (χ2n) is 3.91. The lowest BCUT2D eigenvalue weighted by Gasteiger charge is -2.29. The van der Waals surface area contributed by atoms with E-state index in [0.717, 1.165) is 6.20 Å². The first-order valence-corrected chi connectivity index (χ1v) is 8.75. The Bertz CT molecular complexity index is 490. The number of aliphatic hydroxyl groups is 2. The molecule has 0 radical (unpaired) electrons. The van der Waals surface area contributed by atoms with Crippen molar-refractivity contribution in [2.45, 2.75) is 11.5 Å². The lowest BCUT2D eigenvalue weighted by Crippen LogP contribution is -2.31. The minimum atomic E-state index is -5.41. The zero-order valence-corrected chi connectivity index (χ0v) is 12.6. The molecule has 122 valence electrons. The van der Waals surface area contributed by atoms with E-state index in [1.807, 2.05) is 0 Å². The number of rotatable bonds is 5. The summed E-state index contributed by atoms with van der Waals surface area (Å²) < 4.78 is 22.1. The van der Waals surface area contributed by atoms with Gasteiger partial charge in [0.25, 0.3) is 5.08 Å². The van der Waals surface area contributed by atoms with E-state index >= 15 is 0 Å². The molecule has 1 aromatic heterocycles. The molecule has 0 aromatic carbocycles. The van der Waals surface area contributed by atoms with E-state index in [1.54, 1.807) is 0 Å². The van der Waals surface area contributed by atoms with Crippen molar-refractivity contribution in [2.24, 2.45) is 5.73 Å². The highest BCUT2D eigenvalue weighted by Crippen LogP contribution is 2.68. The van der Waals surface area contributed by atoms with Crippen LogP contribution in [0.3, 0.4) is 0 Å². The predicted molar refractivity (Wildman–Crippen MR) is 73.1 cm³/mol. The van der Waals surface area contributed by atoms with Gasteiger partial charge in [0, 0.05) is 25.4 Å². The molecule has 0 saturated carbocycles. The zero-order chi connectivity index (χ0) is 16.7. The second-order valence-corrected chi connectivity index (χ2v) is 7.92. The highest BCUT2D eigenvalue weighted by molar-refractivity contribution is 7.72. The number of pyridine rings is 1. The first-order valence-electron chi connectivity index (χ1n) is 5.53. The van der Waals surface area contributed by atoms with Crippen LogP contribution in [0.1, 0.15) is 5.56 Å². The first-order chi connectivity index (χ1) is 9.49. The van der Waals surface area contributed by atoms with Crippen LogP contribution in [0.5, 0.6) is 0 Å². The smallest absolute Gasteiger partial charge is 0.369 e. The predicted octanol–water partition coefficient (Wildman–Crippen LogP) is -1.44. The van der Waals surface area contributed by atoms with Crippen molar-refractivity contribution in [3.63, 3.8) is 0 Å². The molecule has 0 aliphatic rings. The molecule has 0 bridgehead atoms. The summed E-state index contributed by atoms with van der Waals surface area (Å²) in [6.07, 6.45) is 1.63. The molecule has 1 rings (SSSR count). The van der Waals surface area contributed by atoms with Gasteiger partial charge in [0.15, 0.2) is 0 Å². The van der Waals surface area contributed by atoms with Crippen LogP contribution < -0.4 is 5.73 Å². The molecule has 10 nitrogen and oxygen atoms in total. The third-order valence-corrected chi connectivity index (χ3v) is 5.97. The summed E-state index contributed by atoms with van der Waals surface area (Å²) in [5.74, 6) is 0. The average Bonchev–Trinajstić information content (AvgIpc) is 2.37. The monoisotopic (exact) mass is 344 g/mol. The molecule has 12 heteroatoms. The quantitative estimate of drug-likeness (QED) is 0.311. The summed E-state index contributed by atoms with van der Waals surface area (Å²) in [6.45, 7) is 0.472. The Hall–Kier alpha value is -0.670. The van der Waals surface area contributed by atoms with E-state index in [9.17, 15) is 14.2 Å². The Labute approximate surface area is 120 Å². The summed E-state index contributed by atoms with van der Waals surface area (Å²) >= 11 is 0. The van der Waals surface area contributed by atoms with E-state index in [4.69, 9.17) is 30.4 Å². The van der Waals surface area contributed by atoms with Gasteiger partial charge in [-0.25, -0.2) is 0 Å². The molecule has 1 aromatic rings. The van der Waals surface area contributed by atoms with Crippen LogP contribution in [0.25, 0.3) is 0 Å². The van der Waals surface area contributed by atoms with E-state index in [2.05, 4.69) is 4.98 Å². The minimum absolute atomic E-state index is 0.0972. The third kappa shape index (κ3) is 5.91. The largest absolute Gasteiger partial charge is 0.395 e. The Morgan fingerprint density at radius 3 is 1.95 bits per heavy atom. The third-order valence-electron chi connectivity index (χ3n) is 2.23. The maximum absolute atomic E-state index is 11.0. The number of hydrogen-bond donors (Lipinski definition) is 7. The zero-order valence-electron chi connectivity index (χ0n) is 10.8. The van der Waals surface area contributed by atoms with Crippen LogP contribution in [0.4, 0.5) is 0 Å². The molecule has 1 heterocycles. The normalized spacial score (nSPS) is 12.5. The van der Waals surface area contributed by atoms with Crippen LogP contribution in [0, 0.1) is 0 Å². The SMILES string of the molecule is NCCO.O=P(O)(O)C(O)(Cc1cccnc1)P(=O)(O)O. The van der Waals surface area contributed by atoms with Gasteiger partial charge in [-0.05, 0) is 11.6 Å². The van der Waals surface area contributed by atoms with Gasteiger partial charge in [-0.3, -0.25) is 14.1 Å². The van der Waals surface area contributed by atoms with Crippen LogP contribution in [-0.4, -0.2) is 53.0 Å². The van der Waals surface area contributed by atoms with Gasteiger partial charge in [-0.2, -0.15) is 0 Å². The van der Waals surface area contributed by atoms with Crippen LogP contribution in [-0.2, 0) is 15.6 Å². The standard InChI is InChI=1S/C7H11NO7P2.C2H7NO/c9-7(16(10,11)12,17(13,14)15)4-6-2-1-3-8-5-6;3-1-2-4/h1-3,5,9H,4H2,(H2,10,11,12)(H2,13,14,15);4H,1-3H2. The second kappa shape index (κ2) is 8.09. The average molecular weight is 344 g/mol. The van der Waals surface area contributed by atoms with Gasteiger partial charge in [0.05, 0.1) is 6.61 Å². The van der Waals surface area contributed by atoms with E-state index in [-0.39, 0.29) is 12.2 Å². The Morgan fingerprint density at radius 2 is 1.67 bits per heavy atom. The topological polar surface area (TPSA) is 194 Å². The Morgan fingerprint density at radius 1 is 1.19 bits per heavy atom. The molecule has 0 aliphatic heterocycles. The summed E-state index contributed by atoms with van der Waals surface area (Å²) in [6, 6.07) is 2.75. The molecule has 0 atom stereocenters. The van der Waals surface area contributed by atoms with Crippen LogP contribution in [0.2, 0.25) is 0 Å². The summed E-state index contributed by atoms with van der Waals surface area (Å²) in [7, 11) is -10.8. The van der Waals surface area contributed by atoms with Crippen molar-refractivity contribution in [3.8, 4) is 0 Å². The summed E-state index contributed by atoms with van der Waals surface area (Å²) in [4.78, 5) is 39.1. The van der Waals surface area contributed by atoms with E-state index < -0.39 is 26.7 Å². The van der Waals surface area contributed by atoms with Gasteiger partial charge in [-0.1, -0.05) is 6.07 Å². The van der Waals surface area contributed by atoms with Crippen molar-refractivity contribution in [3.05, 3.63) is 30.1 Å². The lowest BCUT2D eigenvalue weighted by molar-refractivity contribution is 0.131. The van der Waals surface area contributed by atoms with Gasteiger partial charge in [-0.15, -0.1) is 0 Å². The van der Waals surface area contributed by atoms with Crippen molar-refractivity contribution in [1.82, 2.24) is 4.98 Å². The van der Waals surface area contributed by atoms with Crippen LogP contribution >= 0.6 is 15.2 Å². The van der Waals surface area contributed by atoms with Crippen molar-refractivity contribution >= 4 is 15.2 Å². The maximum Gasteiger partial charge on any atom is 0.369 e. The van der Waals surface area contributed by atoms with E-state index in [1.165, 1.54) is 18.3 Å². The summed E-state index contributed by atoms with van der Waals surface area (Å²) in [5.41, 5.74) is 4.88. The van der Waals surface area contributed by atoms with Gasteiger partial charge in [0.1, 0.15) is 0 Å². The number of aliphatic hydroxyl groups excluding tert-OH is 1. The molecule has 0 spiro atoms. The highest BCUT2D eigenvalue weighted by Gasteiger charge is 2.59.